The number of carbonyl (C=O) groups is 1. The second-order valence-electron chi connectivity index (χ2n) is 7.36. The molecule has 0 unspecified atom stereocenters. The van der Waals surface area contributed by atoms with Gasteiger partial charge in [0.2, 0.25) is 5.91 Å². The number of hydrogen-bond donors (Lipinski definition) is 1. The minimum Gasteiger partial charge on any atom is -0.279 e. The molecule has 1 aliphatic heterocycles. The van der Waals surface area contributed by atoms with Crippen LogP contribution in [0.5, 0.6) is 0 Å². The summed E-state index contributed by atoms with van der Waals surface area (Å²) in [4.78, 5) is 17.0. The van der Waals surface area contributed by atoms with E-state index in [4.69, 9.17) is 5.10 Å². The van der Waals surface area contributed by atoms with Crippen LogP contribution >= 0.6 is 12.4 Å². The lowest BCUT2D eigenvalue weighted by molar-refractivity contribution is -0.129. The Morgan fingerprint density at radius 1 is 0.938 bits per heavy atom. The lowest BCUT2D eigenvalue weighted by Gasteiger charge is -2.30. The maximum absolute atomic E-state index is 13.5. The second kappa shape index (κ2) is 9.20. The maximum Gasteiger partial charge on any atom is 0.245 e. The molecule has 1 aliphatic rings. The molecule has 0 saturated carbocycles. The van der Waals surface area contributed by atoms with E-state index in [2.05, 4.69) is 10.4 Å². The van der Waals surface area contributed by atoms with Crippen LogP contribution < -0.4 is 5.43 Å². The lowest BCUT2D eigenvalue weighted by Crippen LogP contribution is -2.43. The smallest absolute Gasteiger partial charge is 0.245 e. The third-order valence-corrected chi connectivity index (χ3v) is 5.31. The fraction of sp³-hybridized carbons (Fsp3) is 0.125. The molecule has 0 bridgehead atoms. The Balaban J connectivity index is 0.00000245. The summed E-state index contributed by atoms with van der Waals surface area (Å²) in [5.41, 5.74) is 7.55. The first-order valence-corrected chi connectivity index (χ1v) is 10.1. The maximum atomic E-state index is 13.5. The van der Waals surface area contributed by atoms with Crippen LogP contribution in [0.15, 0.2) is 79.1 Å². The highest BCUT2D eigenvalue weighted by Gasteiger charge is 2.27. The highest BCUT2D eigenvalue weighted by molar-refractivity contribution is 5.90. The number of amides is 1. The fourth-order valence-corrected chi connectivity index (χ4v) is 3.77. The largest absolute Gasteiger partial charge is 0.279 e. The monoisotopic (exact) mass is 449 g/mol. The summed E-state index contributed by atoms with van der Waals surface area (Å²) in [6.07, 6.45) is 3.75. The summed E-state index contributed by atoms with van der Waals surface area (Å²) in [6, 6.07) is 19.8. The molecule has 2 aromatic carbocycles. The van der Waals surface area contributed by atoms with Crippen LogP contribution in [0.1, 0.15) is 5.56 Å². The summed E-state index contributed by atoms with van der Waals surface area (Å²) in [7, 11) is 0. The van der Waals surface area contributed by atoms with Crippen LogP contribution in [0.4, 0.5) is 10.2 Å². The quantitative estimate of drug-likeness (QED) is 0.495. The highest BCUT2D eigenvalue weighted by atomic mass is 35.5. The van der Waals surface area contributed by atoms with E-state index in [1.165, 1.54) is 12.1 Å². The molecular formula is C24H21ClFN5O. The number of fused-ring (bicyclic) bond motifs is 1. The van der Waals surface area contributed by atoms with E-state index in [0.717, 1.165) is 33.8 Å². The van der Waals surface area contributed by atoms with Crippen molar-refractivity contribution in [2.45, 2.75) is 13.0 Å². The van der Waals surface area contributed by atoms with Gasteiger partial charge < -0.3 is 0 Å². The SMILES string of the molecule is Cl.O=C(Cc1ccccc1)N1CCn2nc(-c3ccc(F)cc3)c(-c3ccncc3)c2N1. The standard InChI is InChI=1S/C24H20FN5O.ClH/c25-20-8-6-19(7-9-20)23-22(18-10-12-26-13-11-18)24-28-29(14-15-30(24)27-23)21(31)16-17-4-2-1-3-5-17;/h1-13,28H,14-16H2;1H. The molecule has 1 N–H and O–H groups in total. The van der Waals surface area contributed by atoms with Gasteiger partial charge in [0.05, 0.1) is 25.1 Å². The van der Waals surface area contributed by atoms with Gasteiger partial charge in [-0.3, -0.25) is 20.2 Å². The molecule has 1 amide bonds. The van der Waals surface area contributed by atoms with E-state index >= 15 is 0 Å². The van der Waals surface area contributed by atoms with Gasteiger partial charge >= 0.3 is 0 Å². The molecule has 6 nitrogen and oxygen atoms in total. The van der Waals surface area contributed by atoms with E-state index in [-0.39, 0.29) is 24.1 Å². The Morgan fingerprint density at radius 3 is 2.38 bits per heavy atom. The van der Waals surface area contributed by atoms with E-state index in [0.29, 0.717) is 19.5 Å². The Bertz CT molecular complexity index is 1210. The van der Waals surface area contributed by atoms with Crippen molar-refractivity contribution in [2.24, 2.45) is 0 Å². The van der Waals surface area contributed by atoms with Crippen LogP contribution in [-0.2, 0) is 17.8 Å². The molecule has 0 fully saturated rings. The van der Waals surface area contributed by atoms with E-state index in [1.54, 1.807) is 29.5 Å². The van der Waals surface area contributed by atoms with Crippen molar-refractivity contribution in [1.29, 1.82) is 0 Å². The Hall–Kier alpha value is -3.71. The number of pyridine rings is 1. The molecule has 3 heterocycles. The van der Waals surface area contributed by atoms with Crippen LogP contribution in [0.25, 0.3) is 22.4 Å². The molecular weight excluding hydrogens is 429 g/mol. The van der Waals surface area contributed by atoms with Gasteiger partial charge in [0.15, 0.2) is 5.82 Å². The number of hydrogen-bond acceptors (Lipinski definition) is 4. The van der Waals surface area contributed by atoms with E-state index in [9.17, 15) is 9.18 Å². The number of halogens is 2. The summed E-state index contributed by atoms with van der Waals surface area (Å²) in [5, 5.41) is 6.42. The summed E-state index contributed by atoms with van der Waals surface area (Å²) < 4.78 is 15.3. The normalized spacial score (nSPS) is 12.5. The highest BCUT2D eigenvalue weighted by Crippen LogP contribution is 2.39. The summed E-state index contributed by atoms with van der Waals surface area (Å²) in [5.74, 6) is 0.426. The lowest BCUT2D eigenvalue weighted by atomic mass is 10.0. The molecule has 0 atom stereocenters. The zero-order chi connectivity index (χ0) is 21.2. The predicted molar refractivity (Wildman–Crippen MR) is 124 cm³/mol. The molecule has 32 heavy (non-hydrogen) atoms. The van der Waals surface area contributed by atoms with Gasteiger partial charge in [0.1, 0.15) is 11.5 Å². The van der Waals surface area contributed by atoms with Crippen LogP contribution in [0.2, 0.25) is 0 Å². The first-order valence-electron chi connectivity index (χ1n) is 10.1. The number of hydrazine groups is 1. The molecule has 8 heteroatoms. The Kier molecular flexibility index (Phi) is 6.18. The summed E-state index contributed by atoms with van der Waals surface area (Å²) in [6.45, 7) is 1.06. The van der Waals surface area contributed by atoms with E-state index in [1.807, 2.05) is 47.1 Å². The first kappa shape index (κ1) is 21.5. The minimum atomic E-state index is -0.297. The van der Waals surface area contributed by atoms with Crippen molar-refractivity contribution >= 4 is 24.1 Å². The molecule has 2 aromatic heterocycles. The second-order valence-corrected chi connectivity index (χ2v) is 7.36. The van der Waals surface area contributed by atoms with Crippen molar-refractivity contribution < 1.29 is 9.18 Å². The molecule has 0 saturated heterocycles. The molecule has 0 spiro atoms. The van der Waals surface area contributed by atoms with Crippen molar-refractivity contribution in [3.63, 3.8) is 0 Å². The van der Waals surface area contributed by atoms with Gasteiger partial charge in [0.25, 0.3) is 0 Å². The van der Waals surface area contributed by atoms with Crippen molar-refractivity contribution in [3.8, 4) is 22.4 Å². The zero-order valence-electron chi connectivity index (χ0n) is 17.1. The minimum absolute atomic E-state index is 0. The van der Waals surface area contributed by atoms with Gasteiger partial charge in [-0.05, 0) is 47.5 Å². The van der Waals surface area contributed by atoms with E-state index < -0.39 is 0 Å². The fourth-order valence-electron chi connectivity index (χ4n) is 3.77. The van der Waals surface area contributed by atoms with Crippen molar-refractivity contribution in [3.05, 3.63) is 90.5 Å². The zero-order valence-corrected chi connectivity index (χ0v) is 17.9. The van der Waals surface area contributed by atoms with Crippen molar-refractivity contribution in [2.75, 3.05) is 12.0 Å². The van der Waals surface area contributed by atoms with Gasteiger partial charge in [0, 0.05) is 18.0 Å². The molecule has 0 aliphatic carbocycles. The third-order valence-electron chi connectivity index (χ3n) is 5.31. The Labute approximate surface area is 191 Å². The van der Waals surface area contributed by atoms with Crippen molar-refractivity contribution in [1.82, 2.24) is 19.8 Å². The molecule has 5 rings (SSSR count). The van der Waals surface area contributed by atoms with Crippen LogP contribution in [0, 0.1) is 5.82 Å². The number of rotatable bonds is 4. The number of anilines is 1. The topological polar surface area (TPSA) is 63.1 Å². The third kappa shape index (κ3) is 4.20. The van der Waals surface area contributed by atoms with Crippen LogP contribution in [0.3, 0.4) is 0 Å². The number of benzene rings is 2. The molecule has 4 aromatic rings. The Morgan fingerprint density at radius 2 is 1.66 bits per heavy atom. The average Bonchev–Trinajstić information content (AvgIpc) is 3.19. The predicted octanol–water partition coefficient (Wildman–Crippen LogP) is 4.58. The number of nitrogens with one attached hydrogen (secondary N) is 1. The van der Waals surface area contributed by atoms with Gasteiger partial charge in [-0.25, -0.2) is 9.07 Å². The number of nitrogens with zero attached hydrogens (tertiary/aromatic N) is 4. The van der Waals surface area contributed by atoms with Gasteiger partial charge in [-0.2, -0.15) is 5.10 Å². The van der Waals surface area contributed by atoms with Crippen LogP contribution in [-0.4, -0.2) is 32.2 Å². The van der Waals surface area contributed by atoms with Gasteiger partial charge in [-0.1, -0.05) is 30.3 Å². The molecule has 162 valence electrons. The summed E-state index contributed by atoms with van der Waals surface area (Å²) >= 11 is 0. The number of aromatic nitrogens is 3. The average molecular weight is 450 g/mol. The first-order chi connectivity index (χ1) is 15.2. The molecule has 0 radical (unpaired) electrons. The number of carbonyl (C=O) groups excluding carboxylic acids is 1. The van der Waals surface area contributed by atoms with Gasteiger partial charge in [-0.15, -0.1) is 12.4 Å².